The van der Waals surface area contributed by atoms with Crippen LogP contribution < -0.4 is 10.0 Å². The number of amides is 1. The zero-order valence-corrected chi connectivity index (χ0v) is 22.3. The molecule has 2 atom stereocenters. The van der Waals surface area contributed by atoms with Gasteiger partial charge < -0.3 is 10.1 Å². The number of hydrogen-bond donors (Lipinski definition) is 3. The molecule has 0 aliphatic rings. The Hall–Kier alpha value is -3.49. The molecule has 0 radical (unpaired) electrons. The number of esters is 1. The van der Waals surface area contributed by atoms with E-state index in [4.69, 9.17) is 9.29 Å². The summed E-state index contributed by atoms with van der Waals surface area (Å²) in [5.74, 6) is -2.58. The first kappa shape index (κ1) is 30.1. The fourth-order valence-electron chi connectivity index (χ4n) is 3.71. The molecule has 14 heteroatoms. The molecule has 9 nitrogen and oxygen atoms in total. The highest BCUT2D eigenvalue weighted by atomic mass is 32.2. The van der Waals surface area contributed by atoms with Crippen LogP contribution in [0.2, 0.25) is 0 Å². The van der Waals surface area contributed by atoms with Crippen molar-refractivity contribution in [2.45, 2.75) is 37.9 Å². The van der Waals surface area contributed by atoms with Gasteiger partial charge in [-0.05, 0) is 42.5 Å². The average molecular weight is 586 g/mol. The van der Waals surface area contributed by atoms with Gasteiger partial charge in [-0.3, -0.25) is 18.9 Å². The van der Waals surface area contributed by atoms with E-state index in [0.717, 1.165) is 16.9 Å². The van der Waals surface area contributed by atoms with Crippen LogP contribution in [-0.4, -0.2) is 43.1 Å². The maximum Gasteiger partial charge on any atom is 0.389 e. The van der Waals surface area contributed by atoms with Crippen LogP contribution in [0, 0.1) is 5.92 Å². The lowest BCUT2D eigenvalue weighted by Gasteiger charge is -2.21. The van der Waals surface area contributed by atoms with Gasteiger partial charge in [0.2, 0.25) is 5.91 Å². The van der Waals surface area contributed by atoms with Gasteiger partial charge in [-0.25, -0.2) is 4.98 Å². The summed E-state index contributed by atoms with van der Waals surface area (Å²) in [6.07, 6.45) is -5.52. The summed E-state index contributed by atoms with van der Waals surface area (Å²) in [6, 6.07) is 13.9. The van der Waals surface area contributed by atoms with E-state index in [1.165, 1.54) is 24.6 Å². The van der Waals surface area contributed by atoms with Gasteiger partial charge >= 0.3 is 22.4 Å². The van der Waals surface area contributed by atoms with Crippen molar-refractivity contribution < 1.29 is 40.5 Å². The molecule has 3 rings (SSSR count). The van der Waals surface area contributed by atoms with Crippen LogP contribution in [0.5, 0.6) is 0 Å². The first-order valence-electron chi connectivity index (χ1n) is 11.6. The minimum absolute atomic E-state index is 0.0662. The van der Waals surface area contributed by atoms with E-state index in [1.54, 1.807) is 42.5 Å². The van der Waals surface area contributed by atoms with Crippen molar-refractivity contribution in [3.63, 3.8) is 0 Å². The number of ether oxygens (including phenoxy) is 1. The second-order valence-corrected chi connectivity index (χ2v) is 10.6. The normalized spacial score (nSPS) is 13.4. The van der Waals surface area contributed by atoms with Crippen molar-refractivity contribution in [1.82, 2.24) is 10.3 Å². The number of aromatic nitrogens is 1. The number of thiazole rings is 1. The van der Waals surface area contributed by atoms with Gasteiger partial charge in [-0.15, -0.1) is 11.3 Å². The molecule has 0 aliphatic carbocycles. The summed E-state index contributed by atoms with van der Waals surface area (Å²) < 4.78 is 75.9. The van der Waals surface area contributed by atoms with Gasteiger partial charge in [0.1, 0.15) is 10.9 Å². The summed E-state index contributed by atoms with van der Waals surface area (Å²) in [6.45, 7) is 0. The van der Waals surface area contributed by atoms with Gasteiger partial charge in [0.05, 0.1) is 24.5 Å². The molecule has 2 aromatic carbocycles. The lowest BCUT2D eigenvalue weighted by molar-refractivity contribution is -0.150. The number of methoxy groups -OCH3 is 1. The lowest BCUT2D eigenvalue weighted by atomic mass is 9.97. The molecule has 0 saturated heterocycles. The highest BCUT2D eigenvalue weighted by Crippen LogP contribution is 2.27. The number of nitrogens with one attached hydrogen (secondary N) is 2. The minimum Gasteiger partial charge on any atom is -0.468 e. The lowest BCUT2D eigenvalue weighted by Crippen LogP contribution is -2.40. The van der Waals surface area contributed by atoms with Crippen molar-refractivity contribution >= 4 is 39.2 Å². The third-order valence-corrected chi connectivity index (χ3v) is 7.08. The van der Waals surface area contributed by atoms with Crippen LogP contribution >= 0.6 is 11.3 Å². The number of benzene rings is 2. The summed E-state index contributed by atoms with van der Waals surface area (Å²) in [7, 11) is -3.30. The zero-order chi connectivity index (χ0) is 28.6. The molecule has 0 saturated carbocycles. The number of carbonyl (C=O) groups excluding carboxylic acids is 2. The van der Waals surface area contributed by atoms with Crippen molar-refractivity contribution in [1.29, 1.82) is 0 Å². The molecule has 0 spiro atoms. The SMILES string of the molecule is COC(=O)[C@@H](Cc1ccccc1)C(=O)N[C@@H](Cc1ccc(NS(=O)(=O)O)cc1)c1nc(CCC(F)(F)F)cs1. The number of carbonyl (C=O) groups is 2. The van der Waals surface area contributed by atoms with E-state index >= 15 is 0 Å². The first-order valence-corrected chi connectivity index (χ1v) is 13.9. The number of alkyl halides is 3. The van der Waals surface area contributed by atoms with E-state index in [9.17, 15) is 31.2 Å². The van der Waals surface area contributed by atoms with Crippen molar-refractivity contribution in [2.24, 2.45) is 5.92 Å². The van der Waals surface area contributed by atoms with Gasteiger partial charge in [0.25, 0.3) is 0 Å². The Morgan fingerprint density at radius 3 is 2.28 bits per heavy atom. The highest BCUT2D eigenvalue weighted by Gasteiger charge is 2.31. The van der Waals surface area contributed by atoms with Gasteiger partial charge in [0.15, 0.2) is 0 Å². The molecule has 210 valence electrons. The maximum absolute atomic E-state index is 13.3. The maximum atomic E-state index is 13.3. The molecule has 0 bridgehead atoms. The van der Waals surface area contributed by atoms with Crippen LogP contribution in [0.3, 0.4) is 0 Å². The first-order chi connectivity index (χ1) is 18.3. The molecule has 0 fully saturated rings. The quantitative estimate of drug-likeness (QED) is 0.164. The van der Waals surface area contributed by atoms with Crippen molar-refractivity contribution in [2.75, 3.05) is 11.8 Å². The standard InChI is InChI=1S/C25H26F3N3O6S2/c1-37-24(33)20(13-16-5-3-2-4-6-16)22(32)30-21(23-29-19(15-38-23)11-12-25(26,27)28)14-17-7-9-18(10-8-17)31-39(34,35)36/h2-10,15,20-21,31H,11-14H2,1H3,(H,30,32)(H,34,35,36)/t20-,21-/m0/s1. The largest absolute Gasteiger partial charge is 0.468 e. The van der Waals surface area contributed by atoms with E-state index in [1.807, 2.05) is 4.72 Å². The third kappa shape index (κ3) is 9.96. The van der Waals surface area contributed by atoms with E-state index < -0.39 is 46.7 Å². The van der Waals surface area contributed by atoms with E-state index in [0.29, 0.717) is 10.6 Å². The topological polar surface area (TPSA) is 135 Å². The molecule has 3 N–H and O–H groups in total. The number of anilines is 1. The van der Waals surface area contributed by atoms with Crippen molar-refractivity contribution in [3.8, 4) is 0 Å². The smallest absolute Gasteiger partial charge is 0.389 e. The molecular formula is C25H26F3N3O6S2. The third-order valence-electron chi connectivity index (χ3n) is 5.57. The van der Waals surface area contributed by atoms with E-state index in [-0.39, 0.29) is 30.6 Å². The van der Waals surface area contributed by atoms with Crippen LogP contribution in [0.4, 0.5) is 18.9 Å². The van der Waals surface area contributed by atoms with Gasteiger partial charge in [-0.2, -0.15) is 21.6 Å². The Morgan fingerprint density at radius 1 is 1.05 bits per heavy atom. The Kier molecular flexibility index (Phi) is 10.1. The molecule has 39 heavy (non-hydrogen) atoms. The molecule has 3 aromatic rings. The molecule has 0 aliphatic heterocycles. The number of hydrogen-bond acceptors (Lipinski definition) is 7. The molecule has 0 unspecified atom stereocenters. The summed E-state index contributed by atoms with van der Waals surface area (Å²) >= 11 is 1.08. The van der Waals surface area contributed by atoms with Gasteiger partial charge in [0, 0.05) is 11.8 Å². The average Bonchev–Trinajstić information content (AvgIpc) is 3.35. The fraction of sp³-hybridized carbons (Fsp3) is 0.320. The predicted molar refractivity (Wildman–Crippen MR) is 138 cm³/mol. The van der Waals surface area contributed by atoms with Crippen LogP contribution in [-0.2, 0) is 43.9 Å². The second kappa shape index (κ2) is 13.0. The Bertz CT molecular complexity index is 1360. The molecule has 1 heterocycles. The number of halogens is 3. The number of aryl methyl sites for hydroxylation is 1. The molecular weight excluding hydrogens is 559 g/mol. The van der Waals surface area contributed by atoms with Crippen LogP contribution in [0.1, 0.15) is 34.3 Å². The second-order valence-electron chi connectivity index (χ2n) is 8.60. The van der Waals surface area contributed by atoms with E-state index in [2.05, 4.69) is 10.3 Å². The summed E-state index contributed by atoms with van der Waals surface area (Å²) in [5.41, 5.74) is 1.66. The molecule has 1 aromatic heterocycles. The Balaban J connectivity index is 1.85. The fourth-order valence-corrected chi connectivity index (χ4v) is 5.05. The van der Waals surface area contributed by atoms with Gasteiger partial charge in [-0.1, -0.05) is 42.5 Å². The summed E-state index contributed by atoms with van der Waals surface area (Å²) in [5, 5.41) is 4.61. The Labute approximate surface area is 227 Å². The number of rotatable bonds is 12. The van der Waals surface area contributed by atoms with Crippen molar-refractivity contribution in [3.05, 3.63) is 81.8 Å². The minimum atomic E-state index is -4.47. The highest BCUT2D eigenvalue weighted by molar-refractivity contribution is 7.87. The summed E-state index contributed by atoms with van der Waals surface area (Å²) in [4.78, 5) is 30.1. The monoisotopic (exact) mass is 585 g/mol. The molecule has 1 amide bonds. The zero-order valence-electron chi connectivity index (χ0n) is 20.6. The number of nitrogens with zero attached hydrogens (tertiary/aromatic N) is 1. The predicted octanol–water partition coefficient (Wildman–Crippen LogP) is 4.28. The van der Waals surface area contributed by atoms with Crippen LogP contribution in [0.15, 0.2) is 60.0 Å². The Morgan fingerprint density at radius 2 is 1.69 bits per heavy atom. The van der Waals surface area contributed by atoms with Crippen LogP contribution in [0.25, 0.3) is 0 Å².